The molecule has 0 aliphatic rings. The Hall–Kier alpha value is -3.45. The van der Waals surface area contributed by atoms with E-state index in [0.29, 0.717) is 28.2 Å². The number of nitrogens with zero attached hydrogens (tertiary/aromatic N) is 4. The fraction of sp³-hybridized carbons (Fsp3) is 0.143. The summed E-state index contributed by atoms with van der Waals surface area (Å²) in [5.74, 6) is -0.166. The summed E-state index contributed by atoms with van der Waals surface area (Å²) in [6.45, 7) is -0.260. The summed E-state index contributed by atoms with van der Waals surface area (Å²) in [4.78, 5) is 29.2. The number of hydrogen-bond acceptors (Lipinski definition) is 5. The zero-order valence-corrected chi connectivity index (χ0v) is 16.3. The molecule has 2 aromatic carbocycles. The number of hydrogen-bond donors (Lipinski definition) is 0. The molecular formula is C21H17ClN4O3. The molecule has 0 aliphatic heterocycles. The van der Waals surface area contributed by atoms with Crippen molar-refractivity contribution in [2.24, 2.45) is 7.05 Å². The summed E-state index contributed by atoms with van der Waals surface area (Å²) in [5, 5.41) is 4.92. The van der Waals surface area contributed by atoms with E-state index in [0.717, 1.165) is 11.1 Å². The molecule has 2 aromatic heterocycles. The lowest BCUT2D eigenvalue weighted by atomic mass is 10.0. The van der Waals surface area contributed by atoms with Crippen molar-refractivity contribution in [2.45, 2.75) is 13.0 Å². The molecule has 7 nitrogen and oxygen atoms in total. The molecule has 0 amide bonds. The SMILES string of the molecule is Cn1ncc2c(=O)n(CC(=O)Oc3ccc(Cl)cc3Cc3ccccc3)cnc21. The van der Waals surface area contributed by atoms with Crippen LogP contribution in [0.1, 0.15) is 11.1 Å². The fourth-order valence-electron chi connectivity index (χ4n) is 3.07. The van der Waals surface area contributed by atoms with Crippen LogP contribution in [-0.2, 0) is 24.8 Å². The van der Waals surface area contributed by atoms with Gasteiger partial charge in [-0.1, -0.05) is 41.9 Å². The average Bonchev–Trinajstić information content (AvgIpc) is 3.09. The van der Waals surface area contributed by atoms with E-state index in [1.165, 1.54) is 21.8 Å². The Balaban J connectivity index is 1.56. The number of esters is 1. The standard InChI is InChI=1S/C21H17ClN4O3/c1-25-20-17(11-24-25)21(28)26(13-23-20)12-19(27)29-18-8-7-16(22)10-15(18)9-14-5-3-2-4-6-14/h2-8,10-11,13H,9,12H2,1H3. The van der Waals surface area contributed by atoms with Gasteiger partial charge in [-0.25, -0.2) is 9.78 Å². The second-order valence-electron chi connectivity index (χ2n) is 6.57. The lowest BCUT2D eigenvalue weighted by Gasteiger charge is -2.11. The van der Waals surface area contributed by atoms with E-state index in [2.05, 4.69) is 10.1 Å². The minimum absolute atomic E-state index is 0.260. The van der Waals surface area contributed by atoms with Gasteiger partial charge >= 0.3 is 5.97 Å². The Morgan fingerprint density at radius 2 is 1.97 bits per heavy atom. The van der Waals surface area contributed by atoms with Crippen LogP contribution in [-0.4, -0.2) is 25.3 Å². The molecule has 0 saturated heterocycles. The second kappa shape index (κ2) is 7.89. The molecule has 8 heteroatoms. The first-order valence-corrected chi connectivity index (χ1v) is 9.29. The van der Waals surface area contributed by atoms with Gasteiger partial charge in [0.05, 0.1) is 6.20 Å². The van der Waals surface area contributed by atoms with Gasteiger partial charge in [0.15, 0.2) is 5.65 Å². The first-order valence-electron chi connectivity index (χ1n) is 8.91. The molecule has 0 aliphatic carbocycles. The highest BCUT2D eigenvalue weighted by Crippen LogP contribution is 2.25. The smallest absolute Gasteiger partial charge is 0.331 e. The Kier molecular flexibility index (Phi) is 5.14. The van der Waals surface area contributed by atoms with Crippen molar-refractivity contribution >= 4 is 28.6 Å². The van der Waals surface area contributed by atoms with Gasteiger partial charge in [0.2, 0.25) is 0 Å². The normalized spacial score (nSPS) is 11.0. The van der Waals surface area contributed by atoms with Crippen molar-refractivity contribution in [3.63, 3.8) is 0 Å². The van der Waals surface area contributed by atoms with Crippen LogP contribution in [0.4, 0.5) is 0 Å². The van der Waals surface area contributed by atoms with Crippen LogP contribution in [0, 0.1) is 0 Å². The van der Waals surface area contributed by atoms with Gasteiger partial charge < -0.3 is 4.74 Å². The minimum Gasteiger partial charge on any atom is -0.425 e. The van der Waals surface area contributed by atoms with Crippen molar-refractivity contribution in [2.75, 3.05) is 0 Å². The van der Waals surface area contributed by atoms with E-state index in [4.69, 9.17) is 16.3 Å². The third-order valence-corrected chi connectivity index (χ3v) is 4.74. The van der Waals surface area contributed by atoms with E-state index in [1.54, 1.807) is 25.2 Å². The zero-order valence-electron chi connectivity index (χ0n) is 15.6. The summed E-state index contributed by atoms with van der Waals surface area (Å²) in [7, 11) is 1.70. The quantitative estimate of drug-likeness (QED) is 0.374. The van der Waals surface area contributed by atoms with Crippen LogP contribution in [0.5, 0.6) is 5.75 Å². The largest absolute Gasteiger partial charge is 0.425 e. The Bertz CT molecular complexity index is 1250. The number of aromatic nitrogens is 4. The third-order valence-electron chi connectivity index (χ3n) is 4.50. The molecule has 0 fully saturated rings. The summed E-state index contributed by atoms with van der Waals surface area (Å²) < 4.78 is 8.25. The third kappa shape index (κ3) is 4.05. The van der Waals surface area contributed by atoms with E-state index in [9.17, 15) is 9.59 Å². The van der Waals surface area contributed by atoms with E-state index in [1.807, 2.05) is 30.3 Å². The van der Waals surface area contributed by atoms with Gasteiger partial charge in [0, 0.05) is 24.1 Å². The lowest BCUT2D eigenvalue weighted by Crippen LogP contribution is -2.27. The van der Waals surface area contributed by atoms with Crippen LogP contribution in [0.2, 0.25) is 5.02 Å². The van der Waals surface area contributed by atoms with Gasteiger partial charge in [-0.2, -0.15) is 5.10 Å². The molecule has 0 unspecified atom stereocenters. The summed E-state index contributed by atoms with van der Waals surface area (Å²) in [6.07, 6.45) is 3.32. The predicted molar refractivity (Wildman–Crippen MR) is 109 cm³/mol. The summed E-state index contributed by atoms with van der Waals surface area (Å²) in [6, 6.07) is 14.9. The van der Waals surface area contributed by atoms with Crippen molar-refractivity contribution in [3.8, 4) is 5.75 Å². The van der Waals surface area contributed by atoms with Gasteiger partial charge in [0.1, 0.15) is 24.0 Å². The first kappa shape index (κ1) is 18.9. The molecule has 0 radical (unpaired) electrons. The topological polar surface area (TPSA) is 79.0 Å². The molecule has 0 N–H and O–H groups in total. The number of fused-ring (bicyclic) bond motifs is 1. The van der Waals surface area contributed by atoms with E-state index >= 15 is 0 Å². The summed E-state index contributed by atoms with van der Waals surface area (Å²) in [5.41, 5.74) is 1.96. The molecule has 0 spiro atoms. The molecule has 0 saturated carbocycles. The number of rotatable bonds is 5. The van der Waals surface area contributed by atoms with E-state index in [-0.39, 0.29) is 12.1 Å². The lowest BCUT2D eigenvalue weighted by molar-refractivity contribution is -0.135. The monoisotopic (exact) mass is 408 g/mol. The molecule has 4 aromatic rings. The van der Waals surface area contributed by atoms with Crippen molar-refractivity contribution < 1.29 is 9.53 Å². The molecular weight excluding hydrogens is 392 g/mol. The van der Waals surface area contributed by atoms with E-state index < -0.39 is 5.97 Å². The predicted octanol–water partition coefficient (Wildman–Crippen LogP) is 2.98. The maximum Gasteiger partial charge on any atom is 0.331 e. The number of benzene rings is 2. The van der Waals surface area contributed by atoms with Crippen molar-refractivity contribution in [1.29, 1.82) is 0 Å². The first-order chi connectivity index (χ1) is 14.0. The second-order valence-corrected chi connectivity index (χ2v) is 7.01. The number of ether oxygens (including phenoxy) is 1. The molecule has 2 heterocycles. The average molecular weight is 409 g/mol. The number of aryl methyl sites for hydroxylation is 1. The van der Waals surface area contributed by atoms with Gasteiger partial charge in [-0.3, -0.25) is 14.0 Å². The Morgan fingerprint density at radius 1 is 1.17 bits per heavy atom. The number of halogens is 1. The van der Waals surface area contributed by atoms with Crippen LogP contribution in [0.15, 0.2) is 65.8 Å². The Morgan fingerprint density at radius 3 is 2.76 bits per heavy atom. The molecule has 0 atom stereocenters. The molecule has 0 bridgehead atoms. The van der Waals surface area contributed by atoms with Crippen LogP contribution in [0.25, 0.3) is 11.0 Å². The highest BCUT2D eigenvalue weighted by molar-refractivity contribution is 6.30. The Labute approximate surface area is 171 Å². The molecule has 146 valence electrons. The van der Waals surface area contributed by atoms with Gasteiger partial charge in [-0.05, 0) is 23.8 Å². The van der Waals surface area contributed by atoms with Crippen LogP contribution < -0.4 is 10.3 Å². The molecule has 29 heavy (non-hydrogen) atoms. The van der Waals surface area contributed by atoms with Crippen molar-refractivity contribution in [1.82, 2.24) is 19.3 Å². The fourth-order valence-corrected chi connectivity index (χ4v) is 3.27. The maximum absolute atomic E-state index is 12.5. The highest BCUT2D eigenvalue weighted by atomic mass is 35.5. The van der Waals surface area contributed by atoms with Crippen molar-refractivity contribution in [3.05, 3.63) is 87.6 Å². The highest BCUT2D eigenvalue weighted by Gasteiger charge is 2.14. The van der Waals surface area contributed by atoms with Gasteiger partial charge in [0.25, 0.3) is 5.56 Å². The minimum atomic E-state index is -0.575. The summed E-state index contributed by atoms with van der Waals surface area (Å²) >= 11 is 6.13. The number of carbonyl (C=O) groups excluding carboxylic acids is 1. The maximum atomic E-state index is 12.5. The van der Waals surface area contributed by atoms with Gasteiger partial charge in [-0.15, -0.1) is 0 Å². The molecule has 4 rings (SSSR count). The zero-order chi connectivity index (χ0) is 20.4. The van der Waals surface area contributed by atoms with Crippen LogP contribution >= 0.6 is 11.6 Å². The number of carbonyl (C=O) groups is 1. The van der Waals surface area contributed by atoms with Crippen LogP contribution in [0.3, 0.4) is 0 Å².